The number of nitrogen functional groups attached to an aromatic ring is 1. The molecule has 1 aromatic heterocycles. The van der Waals surface area contributed by atoms with Crippen LogP contribution >= 0.6 is 0 Å². The highest BCUT2D eigenvalue weighted by molar-refractivity contribution is 5.42. The van der Waals surface area contributed by atoms with E-state index in [1.165, 1.54) is 51.6 Å². The van der Waals surface area contributed by atoms with Crippen LogP contribution in [0.3, 0.4) is 0 Å². The summed E-state index contributed by atoms with van der Waals surface area (Å²) in [4.78, 5) is 6.83. The SMILES string of the molecule is Nc1ncccc1C(N)C1(N2CCCC2)CCCC1. The second kappa shape index (κ2) is 5.10. The van der Waals surface area contributed by atoms with Gasteiger partial charge in [-0.3, -0.25) is 4.90 Å². The fraction of sp³-hybridized carbons (Fsp3) is 0.667. The minimum atomic E-state index is -0.0122. The number of likely N-dealkylation sites (tertiary alicyclic amines) is 1. The van der Waals surface area contributed by atoms with Crippen LogP contribution in [0, 0.1) is 0 Å². The van der Waals surface area contributed by atoms with Crippen molar-refractivity contribution in [1.29, 1.82) is 0 Å². The molecule has 3 rings (SSSR count). The summed E-state index contributed by atoms with van der Waals surface area (Å²) in [6, 6.07) is 3.98. The molecular weight excluding hydrogens is 236 g/mol. The van der Waals surface area contributed by atoms with Gasteiger partial charge >= 0.3 is 0 Å². The Kier molecular flexibility index (Phi) is 3.46. The Morgan fingerprint density at radius 2 is 1.84 bits per heavy atom. The number of anilines is 1. The van der Waals surface area contributed by atoms with Gasteiger partial charge in [0.2, 0.25) is 0 Å². The maximum Gasteiger partial charge on any atom is 0.128 e. The van der Waals surface area contributed by atoms with Crippen molar-refractivity contribution in [2.75, 3.05) is 18.8 Å². The zero-order valence-corrected chi connectivity index (χ0v) is 11.5. The molecule has 4 nitrogen and oxygen atoms in total. The predicted molar refractivity (Wildman–Crippen MR) is 77.6 cm³/mol. The number of aromatic nitrogens is 1. The number of pyridine rings is 1. The Balaban J connectivity index is 1.94. The van der Waals surface area contributed by atoms with Crippen LogP contribution in [0.1, 0.15) is 50.1 Å². The monoisotopic (exact) mass is 260 g/mol. The van der Waals surface area contributed by atoms with Gasteiger partial charge in [0.1, 0.15) is 5.82 Å². The molecule has 1 aliphatic carbocycles. The Labute approximate surface area is 115 Å². The van der Waals surface area contributed by atoms with Gasteiger partial charge in [-0.05, 0) is 44.8 Å². The molecule has 1 aliphatic heterocycles. The smallest absolute Gasteiger partial charge is 0.128 e. The van der Waals surface area contributed by atoms with Crippen molar-refractivity contribution >= 4 is 5.82 Å². The molecule has 1 saturated heterocycles. The molecule has 2 fully saturated rings. The van der Waals surface area contributed by atoms with E-state index >= 15 is 0 Å². The topological polar surface area (TPSA) is 68.2 Å². The molecule has 0 bridgehead atoms. The van der Waals surface area contributed by atoms with Crippen molar-refractivity contribution in [3.8, 4) is 0 Å². The Hall–Kier alpha value is -1.13. The summed E-state index contributed by atoms with van der Waals surface area (Å²) < 4.78 is 0. The van der Waals surface area contributed by atoms with Crippen LogP contribution in [0.25, 0.3) is 0 Å². The van der Waals surface area contributed by atoms with Crippen LogP contribution in [-0.2, 0) is 0 Å². The van der Waals surface area contributed by atoms with E-state index in [0.29, 0.717) is 5.82 Å². The molecule has 0 spiro atoms. The highest BCUT2D eigenvalue weighted by atomic mass is 15.2. The first-order chi connectivity index (χ1) is 9.24. The Morgan fingerprint density at radius 3 is 2.47 bits per heavy atom. The normalized spacial score (nSPS) is 24.7. The molecule has 2 heterocycles. The van der Waals surface area contributed by atoms with Crippen LogP contribution < -0.4 is 11.5 Å². The maximum absolute atomic E-state index is 6.65. The molecule has 4 N–H and O–H groups in total. The van der Waals surface area contributed by atoms with Crippen molar-refractivity contribution in [1.82, 2.24) is 9.88 Å². The minimum absolute atomic E-state index is 0.0122. The summed E-state index contributed by atoms with van der Waals surface area (Å²) >= 11 is 0. The summed E-state index contributed by atoms with van der Waals surface area (Å²) in [5.41, 5.74) is 13.8. The molecule has 2 aliphatic rings. The van der Waals surface area contributed by atoms with Gasteiger partial charge in [0, 0.05) is 17.3 Å². The zero-order valence-electron chi connectivity index (χ0n) is 11.5. The van der Waals surface area contributed by atoms with E-state index in [9.17, 15) is 0 Å². The number of nitrogens with two attached hydrogens (primary N) is 2. The van der Waals surface area contributed by atoms with E-state index in [1.807, 2.05) is 12.1 Å². The second-order valence-corrected chi connectivity index (χ2v) is 5.96. The van der Waals surface area contributed by atoms with Crippen LogP contribution in [0.4, 0.5) is 5.82 Å². The molecule has 1 atom stereocenters. The van der Waals surface area contributed by atoms with Crippen molar-refractivity contribution < 1.29 is 0 Å². The Morgan fingerprint density at radius 1 is 1.16 bits per heavy atom. The van der Waals surface area contributed by atoms with E-state index in [-0.39, 0.29) is 11.6 Å². The zero-order chi connectivity index (χ0) is 13.3. The van der Waals surface area contributed by atoms with E-state index in [2.05, 4.69) is 9.88 Å². The molecule has 0 radical (unpaired) electrons. The van der Waals surface area contributed by atoms with Gasteiger partial charge in [0.25, 0.3) is 0 Å². The number of rotatable bonds is 3. The maximum atomic E-state index is 6.65. The van der Waals surface area contributed by atoms with Crippen LogP contribution in [0.15, 0.2) is 18.3 Å². The first-order valence-electron chi connectivity index (χ1n) is 7.45. The highest BCUT2D eigenvalue weighted by Gasteiger charge is 2.46. The molecule has 4 heteroatoms. The molecule has 19 heavy (non-hydrogen) atoms. The molecule has 0 amide bonds. The first kappa shape index (κ1) is 12.9. The third kappa shape index (κ3) is 2.13. The largest absolute Gasteiger partial charge is 0.383 e. The minimum Gasteiger partial charge on any atom is -0.383 e. The number of hydrogen-bond acceptors (Lipinski definition) is 4. The van der Waals surface area contributed by atoms with E-state index < -0.39 is 0 Å². The number of hydrogen-bond donors (Lipinski definition) is 2. The number of nitrogens with zero attached hydrogens (tertiary/aromatic N) is 2. The van der Waals surface area contributed by atoms with Crippen molar-refractivity contribution in [3.05, 3.63) is 23.9 Å². The van der Waals surface area contributed by atoms with E-state index in [0.717, 1.165) is 5.56 Å². The lowest BCUT2D eigenvalue weighted by Gasteiger charge is -2.43. The van der Waals surface area contributed by atoms with Crippen LogP contribution in [-0.4, -0.2) is 28.5 Å². The lowest BCUT2D eigenvalue weighted by molar-refractivity contribution is 0.0923. The average Bonchev–Trinajstić information content (AvgIpc) is 3.10. The van der Waals surface area contributed by atoms with E-state index in [4.69, 9.17) is 11.5 Å². The highest BCUT2D eigenvalue weighted by Crippen LogP contribution is 2.45. The summed E-state index contributed by atoms with van der Waals surface area (Å²) in [5.74, 6) is 0.598. The first-order valence-corrected chi connectivity index (χ1v) is 7.45. The van der Waals surface area contributed by atoms with Gasteiger partial charge in [0.15, 0.2) is 0 Å². The van der Waals surface area contributed by atoms with Gasteiger partial charge < -0.3 is 11.5 Å². The molecule has 1 saturated carbocycles. The van der Waals surface area contributed by atoms with Gasteiger partial charge in [0.05, 0.1) is 6.04 Å². The fourth-order valence-electron chi connectivity index (χ4n) is 3.96. The van der Waals surface area contributed by atoms with Crippen molar-refractivity contribution in [2.45, 2.75) is 50.1 Å². The average molecular weight is 260 g/mol. The van der Waals surface area contributed by atoms with Gasteiger partial charge in [-0.25, -0.2) is 4.98 Å². The Bertz CT molecular complexity index is 434. The summed E-state index contributed by atoms with van der Waals surface area (Å²) in [6.07, 6.45) is 9.30. The quantitative estimate of drug-likeness (QED) is 0.873. The standard InChI is InChI=1S/C15H24N4/c16-13(12-6-5-9-18-14(12)17)15(7-1-2-8-15)19-10-3-4-11-19/h5-6,9,13H,1-4,7-8,10-11,16H2,(H2,17,18). The predicted octanol–water partition coefficient (Wildman–Crippen LogP) is 2.07. The van der Waals surface area contributed by atoms with Gasteiger partial charge in [-0.15, -0.1) is 0 Å². The fourth-order valence-corrected chi connectivity index (χ4v) is 3.96. The van der Waals surface area contributed by atoms with Crippen molar-refractivity contribution in [3.63, 3.8) is 0 Å². The third-order valence-electron chi connectivity index (χ3n) is 4.99. The molecule has 104 valence electrons. The summed E-state index contributed by atoms with van der Waals surface area (Å²) in [5, 5.41) is 0. The van der Waals surface area contributed by atoms with Gasteiger partial charge in [-0.1, -0.05) is 18.9 Å². The molecule has 1 unspecified atom stereocenters. The summed E-state index contributed by atoms with van der Waals surface area (Å²) in [6.45, 7) is 2.38. The van der Waals surface area contributed by atoms with Gasteiger partial charge in [-0.2, -0.15) is 0 Å². The van der Waals surface area contributed by atoms with Crippen LogP contribution in [0.5, 0.6) is 0 Å². The van der Waals surface area contributed by atoms with E-state index in [1.54, 1.807) is 6.20 Å². The molecule has 1 aromatic rings. The molecular formula is C15H24N4. The van der Waals surface area contributed by atoms with Crippen LogP contribution in [0.2, 0.25) is 0 Å². The molecule has 0 aromatic carbocycles. The van der Waals surface area contributed by atoms with Crippen molar-refractivity contribution in [2.24, 2.45) is 5.73 Å². The third-order valence-corrected chi connectivity index (χ3v) is 4.99. The lowest BCUT2D eigenvalue weighted by Crippen LogP contribution is -2.52. The second-order valence-electron chi connectivity index (χ2n) is 5.96. The summed E-state index contributed by atoms with van der Waals surface area (Å²) in [7, 11) is 0. The lowest BCUT2D eigenvalue weighted by atomic mass is 9.82.